The van der Waals surface area contributed by atoms with Gasteiger partial charge in [0.2, 0.25) is 5.91 Å². The van der Waals surface area contributed by atoms with Crippen LogP contribution in [-0.2, 0) is 24.2 Å². The molecule has 0 saturated heterocycles. The van der Waals surface area contributed by atoms with Gasteiger partial charge in [0.25, 0.3) is 0 Å². The number of methoxy groups -OCH3 is 2. The number of hydrogen-bond donors (Lipinski definition) is 1. The van der Waals surface area contributed by atoms with Crippen LogP contribution in [0.5, 0.6) is 11.5 Å². The molecule has 8 heteroatoms. The summed E-state index contributed by atoms with van der Waals surface area (Å²) in [6, 6.07) is 17.2. The average Bonchev–Trinajstić information content (AvgIpc) is 3.35. The van der Waals surface area contributed by atoms with Crippen LogP contribution >= 0.6 is 11.3 Å². The Morgan fingerprint density at radius 2 is 1.79 bits per heavy atom. The average molecular weight is 536 g/mol. The van der Waals surface area contributed by atoms with Crippen molar-refractivity contribution < 1.29 is 19.1 Å². The normalized spacial score (nSPS) is 10.5. The maximum Gasteiger partial charge on any atom is 0.322 e. The first-order valence-corrected chi connectivity index (χ1v) is 13.5. The highest BCUT2D eigenvalue weighted by atomic mass is 32.1. The fourth-order valence-electron chi connectivity index (χ4n) is 4.13. The molecule has 0 bridgehead atoms. The summed E-state index contributed by atoms with van der Waals surface area (Å²) in [6.45, 7) is 9.05. The molecule has 0 aliphatic carbocycles. The number of hydrogen-bond acceptors (Lipinski definition) is 5. The quantitative estimate of drug-likeness (QED) is 0.276. The Balaban J connectivity index is 1.76. The van der Waals surface area contributed by atoms with E-state index in [2.05, 4.69) is 18.0 Å². The van der Waals surface area contributed by atoms with Crippen LogP contribution in [0.2, 0.25) is 0 Å². The molecule has 0 aliphatic heterocycles. The molecule has 0 radical (unpaired) electrons. The van der Waals surface area contributed by atoms with Crippen molar-refractivity contribution in [2.45, 2.75) is 33.2 Å². The van der Waals surface area contributed by atoms with Crippen LogP contribution in [0.3, 0.4) is 0 Å². The first kappa shape index (κ1) is 28.8. The smallest absolute Gasteiger partial charge is 0.322 e. The van der Waals surface area contributed by atoms with Gasteiger partial charge in [-0.2, -0.15) is 0 Å². The Morgan fingerprint density at radius 3 is 2.45 bits per heavy atom. The number of carbonyl (C=O) groups excluding carboxylic acids is 2. The third kappa shape index (κ3) is 7.86. The highest BCUT2D eigenvalue weighted by Gasteiger charge is 2.22. The molecule has 1 heterocycles. The van der Waals surface area contributed by atoms with Gasteiger partial charge in [0.1, 0.15) is 6.54 Å². The van der Waals surface area contributed by atoms with Crippen molar-refractivity contribution in [1.82, 2.24) is 9.80 Å². The van der Waals surface area contributed by atoms with E-state index in [0.717, 1.165) is 28.1 Å². The van der Waals surface area contributed by atoms with E-state index in [0.29, 0.717) is 31.0 Å². The van der Waals surface area contributed by atoms with E-state index in [9.17, 15) is 9.59 Å². The molecule has 1 aromatic heterocycles. The second-order valence-corrected chi connectivity index (χ2v) is 10.2. The lowest BCUT2D eigenvalue weighted by molar-refractivity contribution is -0.132. The van der Waals surface area contributed by atoms with Gasteiger partial charge in [0.15, 0.2) is 11.5 Å². The molecule has 0 fully saturated rings. The lowest BCUT2D eigenvalue weighted by Gasteiger charge is -2.27. The summed E-state index contributed by atoms with van der Waals surface area (Å²) < 4.78 is 10.8. The van der Waals surface area contributed by atoms with Crippen molar-refractivity contribution in [1.29, 1.82) is 0 Å². The number of rotatable bonds is 13. The maximum absolute atomic E-state index is 13.6. The summed E-state index contributed by atoms with van der Waals surface area (Å²) in [5.74, 6) is 1.18. The number of nitrogens with one attached hydrogen (secondary N) is 1. The largest absolute Gasteiger partial charge is 0.493 e. The van der Waals surface area contributed by atoms with Crippen molar-refractivity contribution in [2.24, 2.45) is 0 Å². The molecule has 3 amide bonds. The van der Waals surface area contributed by atoms with Gasteiger partial charge in [0, 0.05) is 28.5 Å². The van der Waals surface area contributed by atoms with Gasteiger partial charge >= 0.3 is 6.03 Å². The van der Waals surface area contributed by atoms with Gasteiger partial charge in [-0.1, -0.05) is 37.3 Å². The number of aryl methyl sites for hydroxylation is 2. The van der Waals surface area contributed by atoms with Crippen LogP contribution < -0.4 is 14.8 Å². The van der Waals surface area contributed by atoms with Gasteiger partial charge in [-0.15, -0.1) is 17.9 Å². The zero-order valence-corrected chi connectivity index (χ0v) is 23.5. The Bertz CT molecular complexity index is 1240. The monoisotopic (exact) mass is 535 g/mol. The van der Waals surface area contributed by atoms with Crippen LogP contribution in [0.25, 0.3) is 0 Å². The number of amides is 3. The summed E-state index contributed by atoms with van der Waals surface area (Å²) in [5.41, 5.74) is 2.82. The van der Waals surface area contributed by atoms with Crippen LogP contribution in [0.1, 0.15) is 27.8 Å². The summed E-state index contributed by atoms with van der Waals surface area (Å²) in [6.07, 6.45) is 3.06. The maximum atomic E-state index is 13.6. The number of benzene rings is 2. The zero-order valence-electron chi connectivity index (χ0n) is 22.7. The molecule has 0 aliphatic rings. The molecule has 0 atom stereocenters. The number of para-hydroxylation sites is 1. The number of anilines is 1. The number of thiophene rings is 1. The molecule has 7 nitrogen and oxygen atoms in total. The van der Waals surface area contributed by atoms with Crippen molar-refractivity contribution in [3.8, 4) is 11.5 Å². The third-order valence-electron chi connectivity index (χ3n) is 6.22. The second-order valence-electron chi connectivity index (χ2n) is 8.88. The SMILES string of the molecule is C=CCN(CC(=O)N(CCc1ccc(OC)c(OC)c1)Cc1ccc(C)s1)C(=O)Nc1ccccc1CC. The van der Waals surface area contributed by atoms with Gasteiger partial charge in [-0.25, -0.2) is 4.79 Å². The zero-order chi connectivity index (χ0) is 27.5. The highest BCUT2D eigenvalue weighted by molar-refractivity contribution is 7.11. The number of nitrogens with zero attached hydrogens (tertiary/aromatic N) is 2. The van der Waals surface area contributed by atoms with E-state index >= 15 is 0 Å². The summed E-state index contributed by atoms with van der Waals surface area (Å²) in [4.78, 5) is 32.4. The molecule has 2 aromatic carbocycles. The Morgan fingerprint density at radius 1 is 1.03 bits per heavy atom. The van der Waals surface area contributed by atoms with Crippen LogP contribution in [-0.4, -0.2) is 55.6 Å². The fourth-order valence-corrected chi connectivity index (χ4v) is 5.04. The minimum atomic E-state index is -0.328. The highest BCUT2D eigenvalue weighted by Crippen LogP contribution is 2.28. The van der Waals surface area contributed by atoms with Crippen LogP contribution in [0.15, 0.2) is 67.3 Å². The minimum absolute atomic E-state index is 0.0531. The molecule has 1 N–H and O–H groups in total. The molecule has 202 valence electrons. The van der Waals surface area contributed by atoms with Crippen molar-refractivity contribution in [3.63, 3.8) is 0 Å². The van der Waals surface area contributed by atoms with E-state index in [1.54, 1.807) is 31.6 Å². The predicted molar refractivity (Wildman–Crippen MR) is 154 cm³/mol. The van der Waals surface area contributed by atoms with E-state index < -0.39 is 0 Å². The number of ether oxygens (including phenoxy) is 2. The van der Waals surface area contributed by atoms with Crippen molar-refractivity contribution >= 4 is 29.0 Å². The van der Waals surface area contributed by atoms with Gasteiger partial charge in [-0.3, -0.25) is 4.79 Å². The lowest BCUT2D eigenvalue weighted by atomic mass is 10.1. The molecule has 3 aromatic rings. The fraction of sp³-hybridized carbons (Fsp3) is 0.333. The second kappa shape index (κ2) is 14.2. The third-order valence-corrected chi connectivity index (χ3v) is 7.20. The first-order valence-electron chi connectivity index (χ1n) is 12.7. The molecule has 0 unspecified atom stereocenters. The Hall–Kier alpha value is -3.78. The van der Waals surface area contributed by atoms with E-state index in [-0.39, 0.29) is 25.0 Å². The van der Waals surface area contributed by atoms with Crippen LogP contribution in [0, 0.1) is 6.92 Å². The summed E-state index contributed by atoms with van der Waals surface area (Å²) in [7, 11) is 3.21. The Kier molecular flexibility index (Phi) is 10.8. The van der Waals surface area contributed by atoms with E-state index in [4.69, 9.17) is 9.47 Å². The van der Waals surface area contributed by atoms with Crippen LogP contribution in [0.4, 0.5) is 10.5 Å². The van der Waals surface area contributed by atoms with Gasteiger partial charge < -0.3 is 24.6 Å². The molecule has 38 heavy (non-hydrogen) atoms. The molecule has 0 saturated carbocycles. The molecule has 3 rings (SSSR count). The predicted octanol–water partition coefficient (Wildman–Crippen LogP) is 5.93. The summed E-state index contributed by atoms with van der Waals surface area (Å²) in [5, 5.41) is 2.97. The Labute approximate surface area is 229 Å². The van der Waals surface area contributed by atoms with Crippen molar-refractivity contribution in [2.75, 3.05) is 39.2 Å². The minimum Gasteiger partial charge on any atom is -0.493 e. The van der Waals surface area contributed by atoms with Gasteiger partial charge in [-0.05, 0) is 61.2 Å². The van der Waals surface area contributed by atoms with E-state index in [1.165, 1.54) is 9.78 Å². The molecular weight excluding hydrogens is 498 g/mol. The summed E-state index contributed by atoms with van der Waals surface area (Å²) >= 11 is 1.67. The molecule has 0 spiro atoms. The lowest BCUT2D eigenvalue weighted by Crippen LogP contribution is -2.45. The number of carbonyl (C=O) groups is 2. The first-order chi connectivity index (χ1) is 18.4. The van der Waals surface area contributed by atoms with Gasteiger partial charge in [0.05, 0.1) is 20.8 Å². The number of urea groups is 1. The molecular formula is C30H37N3O4S. The standard InChI is InChI=1S/C30H37N3O4S/c1-6-17-33(30(35)31-26-11-9-8-10-24(26)7-2)21-29(34)32(20-25-14-12-22(3)38-25)18-16-23-13-15-27(36-4)28(19-23)37-5/h6,8-15,19H,1,7,16-18,20-21H2,2-5H3,(H,31,35). The topological polar surface area (TPSA) is 71.1 Å². The van der Waals surface area contributed by atoms with E-state index in [1.807, 2.05) is 67.3 Å². The van der Waals surface area contributed by atoms with Crippen molar-refractivity contribution in [3.05, 3.63) is 88.1 Å².